The van der Waals surface area contributed by atoms with Gasteiger partial charge >= 0.3 is 5.91 Å². The molecule has 0 saturated carbocycles. The SMILES string of the molecule is CC1=c2ccc3n2C24n5c(ccc5C(c5c(C)cc(C)cc5C)=C5C=CC1=[N+]52)C(c1ccccc1)=C1CC(C)(C)C(=[N+]14)C=3. The molecule has 8 heterocycles. The van der Waals surface area contributed by atoms with Crippen LogP contribution in [0.3, 0.4) is 0 Å². The minimum atomic E-state index is -0.600. The number of aryl methyl sites for hydroxylation is 3. The maximum absolute atomic E-state index is 2.73. The first-order chi connectivity index (χ1) is 20.7. The fourth-order valence-corrected chi connectivity index (χ4v) is 9.33. The summed E-state index contributed by atoms with van der Waals surface area (Å²) in [5, 5.41) is 2.58. The molecule has 0 saturated heterocycles. The van der Waals surface area contributed by atoms with Crippen molar-refractivity contribution in [2.45, 2.75) is 53.9 Å². The smallest absolute Gasteiger partial charge is 0.199 e. The summed E-state index contributed by atoms with van der Waals surface area (Å²) in [4.78, 5) is 0. The standard InChI is InChI=1S/C39H34N4/c1-22-18-23(2)35(24(3)19-22)37-31-15-14-29-25(4)28-13-12-27-20-34-38(5,6)21-33-36(26-10-8-7-9-11-26)30-16-17-32(37)42(30)39(40(27)28,41(29)31)43(33)34/h7-20H,21H2,1-6H3/q+2. The van der Waals surface area contributed by atoms with Gasteiger partial charge in [-0.2, -0.15) is 9.13 Å². The van der Waals surface area contributed by atoms with Crippen LogP contribution in [0.5, 0.6) is 0 Å². The third-order valence-electron chi connectivity index (χ3n) is 10.8. The molecule has 1 spiro atoms. The van der Waals surface area contributed by atoms with Crippen molar-refractivity contribution in [1.29, 1.82) is 0 Å². The molecule has 0 fully saturated rings. The summed E-state index contributed by atoms with van der Waals surface area (Å²) in [7, 11) is 0. The quantitative estimate of drug-likeness (QED) is 0.278. The van der Waals surface area contributed by atoms with Crippen molar-refractivity contribution in [3.63, 3.8) is 0 Å². The Kier molecular flexibility index (Phi) is 4.02. The number of hydrogen-bond acceptors (Lipinski definition) is 0. The van der Waals surface area contributed by atoms with Crippen LogP contribution in [0.25, 0.3) is 22.8 Å². The minimum Gasteiger partial charge on any atom is -0.199 e. The maximum atomic E-state index is 2.73. The van der Waals surface area contributed by atoms with Crippen molar-refractivity contribution in [3.05, 3.63) is 140 Å². The molecule has 4 nitrogen and oxygen atoms in total. The molecule has 0 radical (unpaired) electrons. The van der Waals surface area contributed by atoms with E-state index in [9.17, 15) is 0 Å². The number of nitrogens with zero attached hydrogens (tertiary/aromatic N) is 4. The van der Waals surface area contributed by atoms with Crippen LogP contribution < -0.4 is 10.7 Å². The highest BCUT2D eigenvalue weighted by Gasteiger charge is 2.74. The molecule has 6 aliphatic rings. The molecule has 0 N–H and O–H groups in total. The zero-order valence-corrected chi connectivity index (χ0v) is 25.6. The van der Waals surface area contributed by atoms with Crippen LogP contribution >= 0.6 is 0 Å². The van der Waals surface area contributed by atoms with E-state index in [1.54, 1.807) is 0 Å². The molecule has 208 valence electrons. The summed E-state index contributed by atoms with van der Waals surface area (Å²) >= 11 is 0. The molecule has 2 aromatic heterocycles. The number of hydrogen-bond donors (Lipinski definition) is 0. The van der Waals surface area contributed by atoms with Gasteiger partial charge in [-0.25, -0.2) is 0 Å². The first kappa shape index (κ1) is 23.8. The van der Waals surface area contributed by atoms with Gasteiger partial charge < -0.3 is 0 Å². The van der Waals surface area contributed by atoms with E-state index in [0.29, 0.717) is 0 Å². The van der Waals surface area contributed by atoms with Crippen molar-refractivity contribution in [1.82, 2.24) is 9.13 Å². The Morgan fingerprint density at radius 2 is 1.47 bits per heavy atom. The highest BCUT2D eigenvalue weighted by molar-refractivity contribution is 6.23. The summed E-state index contributed by atoms with van der Waals surface area (Å²) in [5.41, 5.74) is 18.6. The van der Waals surface area contributed by atoms with Gasteiger partial charge in [-0.1, -0.05) is 57.2 Å². The number of rotatable bonds is 2. The molecule has 1 atom stereocenters. The normalized spacial score (nSPS) is 23.0. The van der Waals surface area contributed by atoms with Crippen LogP contribution in [-0.4, -0.2) is 29.7 Å². The Bertz CT molecular complexity index is 2330. The first-order valence-corrected chi connectivity index (χ1v) is 15.5. The predicted octanol–water partition coefficient (Wildman–Crippen LogP) is 5.76. The Hall–Kier alpha value is -4.70. The van der Waals surface area contributed by atoms with Crippen LogP contribution in [0, 0.1) is 26.2 Å². The van der Waals surface area contributed by atoms with Crippen LogP contribution in [-0.2, 0) is 5.91 Å². The van der Waals surface area contributed by atoms with Crippen LogP contribution in [0.1, 0.15) is 66.4 Å². The topological polar surface area (TPSA) is 15.9 Å². The lowest BCUT2D eigenvalue weighted by molar-refractivity contribution is -0.835. The highest BCUT2D eigenvalue weighted by Crippen LogP contribution is 2.55. The second-order valence-electron chi connectivity index (χ2n) is 13.8. The van der Waals surface area contributed by atoms with Crippen molar-refractivity contribution in [3.8, 4) is 0 Å². The average Bonchev–Trinajstić information content (AvgIpc) is 3.75. The van der Waals surface area contributed by atoms with E-state index in [4.69, 9.17) is 0 Å². The lowest BCUT2D eigenvalue weighted by Crippen LogP contribution is -2.70. The summed E-state index contributed by atoms with van der Waals surface area (Å²) < 4.78 is 10.7. The third kappa shape index (κ3) is 2.47. The zero-order valence-electron chi connectivity index (χ0n) is 25.6. The van der Waals surface area contributed by atoms with Crippen LogP contribution in [0.15, 0.2) is 90.3 Å². The Labute approximate surface area is 251 Å². The number of allylic oxidation sites excluding steroid dienone is 3. The Morgan fingerprint density at radius 3 is 2.21 bits per heavy atom. The van der Waals surface area contributed by atoms with E-state index in [1.807, 2.05) is 0 Å². The molecular formula is C39H34N4+2. The van der Waals surface area contributed by atoms with E-state index in [0.717, 1.165) is 6.42 Å². The average molecular weight is 559 g/mol. The second kappa shape index (κ2) is 7.26. The summed E-state index contributed by atoms with van der Waals surface area (Å²) in [6, 6.07) is 25.2. The lowest BCUT2D eigenvalue weighted by Gasteiger charge is -2.40. The number of benzene rings is 2. The maximum Gasteiger partial charge on any atom is 0.553 e. The first-order valence-electron chi connectivity index (χ1n) is 15.5. The molecule has 0 amide bonds. The van der Waals surface area contributed by atoms with Gasteiger partial charge in [0.2, 0.25) is 22.8 Å². The molecular weight excluding hydrogens is 524 g/mol. The molecule has 0 bridgehead atoms. The number of aromatic nitrogens is 2. The molecule has 6 aliphatic heterocycles. The van der Waals surface area contributed by atoms with Gasteiger partial charge in [0.15, 0.2) is 0 Å². The molecule has 4 aromatic rings. The molecule has 2 aromatic carbocycles. The van der Waals surface area contributed by atoms with Gasteiger partial charge in [-0.05, 0) is 88.1 Å². The van der Waals surface area contributed by atoms with E-state index < -0.39 is 5.91 Å². The van der Waals surface area contributed by atoms with E-state index in [2.05, 4.69) is 145 Å². The highest BCUT2D eigenvalue weighted by atomic mass is 15.6. The monoisotopic (exact) mass is 558 g/mol. The fourth-order valence-electron chi connectivity index (χ4n) is 9.33. The second-order valence-corrected chi connectivity index (χ2v) is 13.8. The van der Waals surface area contributed by atoms with E-state index in [1.165, 1.54) is 89.4 Å². The van der Waals surface area contributed by atoms with Gasteiger partial charge in [-0.3, -0.25) is 0 Å². The Morgan fingerprint density at radius 1 is 0.744 bits per heavy atom. The summed E-state index contributed by atoms with van der Waals surface area (Å²) in [5.74, 6) is -0.600. The van der Waals surface area contributed by atoms with Crippen molar-refractivity contribution in [2.24, 2.45) is 5.41 Å². The molecule has 4 heteroatoms. The fraction of sp³-hybridized carbons (Fsp3) is 0.231. The summed E-state index contributed by atoms with van der Waals surface area (Å²) in [6.45, 7) is 13.9. The van der Waals surface area contributed by atoms with Gasteiger partial charge in [0.25, 0.3) is 0 Å². The van der Waals surface area contributed by atoms with Crippen molar-refractivity contribution in [2.75, 3.05) is 0 Å². The largest absolute Gasteiger partial charge is 0.553 e. The predicted molar refractivity (Wildman–Crippen MR) is 172 cm³/mol. The van der Waals surface area contributed by atoms with Gasteiger partial charge in [-0.15, -0.1) is 0 Å². The zero-order chi connectivity index (χ0) is 29.2. The van der Waals surface area contributed by atoms with Gasteiger partial charge in [0.1, 0.15) is 0 Å². The molecule has 43 heavy (non-hydrogen) atoms. The van der Waals surface area contributed by atoms with Crippen LogP contribution in [0.2, 0.25) is 0 Å². The van der Waals surface area contributed by atoms with Crippen LogP contribution in [0.4, 0.5) is 0 Å². The van der Waals surface area contributed by atoms with E-state index >= 15 is 0 Å². The van der Waals surface area contributed by atoms with Crippen molar-refractivity contribution >= 4 is 34.2 Å². The minimum absolute atomic E-state index is 0.0121. The van der Waals surface area contributed by atoms with Gasteiger partial charge in [0.05, 0.1) is 38.6 Å². The molecule has 0 aliphatic carbocycles. The molecule has 1 unspecified atom stereocenters. The van der Waals surface area contributed by atoms with Gasteiger partial charge in [0, 0.05) is 30.2 Å². The molecule has 10 rings (SSSR count). The van der Waals surface area contributed by atoms with E-state index in [-0.39, 0.29) is 5.41 Å². The third-order valence-corrected chi connectivity index (χ3v) is 10.8. The lowest BCUT2D eigenvalue weighted by atomic mass is 9.84. The Balaban J connectivity index is 1.47. The summed E-state index contributed by atoms with van der Waals surface area (Å²) in [6.07, 6.45) is 8.22. The van der Waals surface area contributed by atoms with Crippen molar-refractivity contribution < 1.29 is 9.15 Å².